The van der Waals surface area contributed by atoms with Gasteiger partial charge in [0, 0.05) is 11.7 Å². The zero-order valence-electron chi connectivity index (χ0n) is 11.8. The van der Waals surface area contributed by atoms with Gasteiger partial charge in [0.2, 0.25) is 0 Å². The quantitative estimate of drug-likeness (QED) is 0.713. The Labute approximate surface area is 133 Å². The van der Waals surface area contributed by atoms with Crippen molar-refractivity contribution in [3.05, 3.63) is 22.2 Å². The molecule has 0 spiro atoms. The zero-order chi connectivity index (χ0) is 15.4. The molecule has 2 nitrogen and oxygen atoms in total. The SMILES string of the molecule is CCC1CCCCC1Nc1cc(Cl)c(OC(F)F)c(Cl)c1. The van der Waals surface area contributed by atoms with Crippen molar-refractivity contribution in [2.75, 3.05) is 5.32 Å². The zero-order valence-corrected chi connectivity index (χ0v) is 13.4. The molecule has 0 bridgehead atoms. The van der Waals surface area contributed by atoms with Crippen molar-refractivity contribution in [3.8, 4) is 5.75 Å². The molecule has 0 aromatic heterocycles. The van der Waals surface area contributed by atoms with Gasteiger partial charge in [0.25, 0.3) is 0 Å². The van der Waals surface area contributed by atoms with Crippen LogP contribution >= 0.6 is 23.2 Å². The van der Waals surface area contributed by atoms with E-state index in [0.29, 0.717) is 12.0 Å². The highest BCUT2D eigenvalue weighted by molar-refractivity contribution is 6.37. The molecule has 21 heavy (non-hydrogen) atoms. The van der Waals surface area contributed by atoms with Crippen LogP contribution in [0.3, 0.4) is 0 Å². The Kier molecular flexibility index (Phi) is 5.94. The predicted octanol–water partition coefficient (Wildman–Crippen LogP) is 5.98. The van der Waals surface area contributed by atoms with Crippen LogP contribution in [0.1, 0.15) is 39.0 Å². The molecule has 2 atom stereocenters. The van der Waals surface area contributed by atoms with E-state index in [2.05, 4.69) is 17.0 Å². The fourth-order valence-corrected chi connectivity index (χ4v) is 3.52. The molecule has 0 heterocycles. The molecule has 0 aliphatic heterocycles. The molecule has 2 rings (SSSR count). The average Bonchev–Trinajstić information content (AvgIpc) is 2.43. The minimum Gasteiger partial charge on any atom is -0.432 e. The molecule has 1 aliphatic carbocycles. The molecule has 118 valence electrons. The van der Waals surface area contributed by atoms with Gasteiger partial charge in [0.1, 0.15) is 0 Å². The molecule has 1 aromatic rings. The molecule has 0 amide bonds. The number of halogens is 4. The summed E-state index contributed by atoms with van der Waals surface area (Å²) in [5.41, 5.74) is 0.747. The highest BCUT2D eigenvalue weighted by atomic mass is 35.5. The van der Waals surface area contributed by atoms with Crippen LogP contribution in [-0.4, -0.2) is 12.7 Å². The molecule has 0 radical (unpaired) electrons. The maximum atomic E-state index is 12.3. The molecule has 1 aliphatic rings. The van der Waals surface area contributed by atoms with Gasteiger partial charge in [-0.1, -0.05) is 49.4 Å². The van der Waals surface area contributed by atoms with Crippen molar-refractivity contribution >= 4 is 28.9 Å². The summed E-state index contributed by atoms with van der Waals surface area (Å²) in [6.07, 6.45) is 5.89. The van der Waals surface area contributed by atoms with Crippen molar-refractivity contribution < 1.29 is 13.5 Å². The van der Waals surface area contributed by atoms with E-state index in [1.165, 1.54) is 19.3 Å². The lowest BCUT2D eigenvalue weighted by molar-refractivity contribution is -0.0497. The molecule has 1 fully saturated rings. The van der Waals surface area contributed by atoms with Crippen LogP contribution in [0.25, 0.3) is 0 Å². The van der Waals surface area contributed by atoms with E-state index < -0.39 is 6.61 Å². The third kappa shape index (κ3) is 4.36. The smallest absolute Gasteiger partial charge is 0.387 e. The van der Waals surface area contributed by atoms with Crippen molar-refractivity contribution in [2.24, 2.45) is 5.92 Å². The monoisotopic (exact) mass is 337 g/mol. The number of nitrogens with one attached hydrogen (secondary N) is 1. The van der Waals surface area contributed by atoms with Crippen molar-refractivity contribution in [3.63, 3.8) is 0 Å². The van der Waals surface area contributed by atoms with Gasteiger partial charge in [-0.3, -0.25) is 0 Å². The molecule has 0 saturated heterocycles. The van der Waals surface area contributed by atoms with Gasteiger partial charge in [-0.15, -0.1) is 0 Å². The summed E-state index contributed by atoms with van der Waals surface area (Å²) in [5.74, 6) is 0.447. The van der Waals surface area contributed by atoms with Crippen molar-refractivity contribution in [1.82, 2.24) is 0 Å². The number of anilines is 1. The molecular formula is C15H19Cl2F2NO. The largest absolute Gasteiger partial charge is 0.432 e. The Bertz CT molecular complexity index is 462. The highest BCUT2D eigenvalue weighted by Gasteiger charge is 2.24. The van der Waals surface area contributed by atoms with E-state index in [4.69, 9.17) is 23.2 Å². The van der Waals surface area contributed by atoms with E-state index in [-0.39, 0.29) is 15.8 Å². The first-order valence-electron chi connectivity index (χ1n) is 7.21. The minimum atomic E-state index is -2.94. The maximum absolute atomic E-state index is 12.3. The van der Waals surface area contributed by atoms with E-state index in [1.54, 1.807) is 12.1 Å². The number of hydrogen-bond donors (Lipinski definition) is 1. The average molecular weight is 338 g/mol. The Morgan fingerprint density at radius 1 is 1.24 bits per heavy atom. The van der Waals surface area contributed by atoms with Gasteiger partial charge in [0.15, 0.2) is 5.75 Å². The van der Waals surface area contributed by atoms with Gasteiger partial charge in [0.05, 0.1) is 10.0 Å². The van der Waals surface area contributed by atoms with Gasteiger partial charge < -0.3 is 10.1 Å². The lowest BCUT2D eigenvalue weighted by Crippen LogP contribution is -2.31. The maximum Gasteiger partial charge on any atom is 0.387 e. The highest BCUT2D eigenvalue weighted by Crippen LogP contribution is 2.38. The van der Waals surface area contributed by atoms with Gasteiger partial charge in [-0.05, 0) is 30.9 Å². The normalized spacial score (nSPS) is 22.4. The second-order valence-electron chi connectivity index (χ2n) is 5.35. The van der Waals surface area contributed by atoms with E-state index in [9.17, 15) is 8.78 Å². The summed E-state index contributed by atoms with van der Waals surface area (Å²) < 4.78 is 28.9. The fourth-order valence-electron chi connectivity index (χ4n) is 2.95. The lowest BCUT2D eigenvalue weighted by Gasteiger charge is -2.32. The lowest BCUT2D eigenvalue weighted by atomic mass is 9.83. The standard InChI is InChI=1S/C15H19Cl2F2NO/c1-2-9-5-3-4-6-13(9)20-10-7-11(16)14(12(17)8-10)21-15(18)19/h7-9,13,15,20H,2-6H2,1H3. The van der Waals surface area contributed by atoms with Crippen LogP contribution < -0.4 is 10.1 Å². The summed E-state index contributed by atoms with van der Waals surface area (Å²) in [5, 5.41) is 3.62. The van der Waals surface area contributed by atoms with Gasteiger partial charge in [-0.25, -0.2) is 0 Å². The third-order valence-electron chi connectivity index (χ3n) is 3.99. The first-order valence-corrected chi connectivity index (χ1v) is 7.97. The summed E-state index contributed by atoms with van der Waals surface area (Å²) >= 11 is 12.0. The van der Waals surface area contributed by atoms with Gasteiger partial charge in [-0.2, -0.15) is 8.78 Å². The number of benzene rings is 1. The van der Waals surface area contributed by atoms with E-state index in [0.717, 1.165) is 18.5 Å². The summed E-state index contributed by atoms with van der Waals surface area (Å²) in [4.78, 5) is 0. The second kappa shape index (κ2) is 7.50. The first-order chi connectivity index (χ1) is 10.0. The van der Waals surface area contributed by atoms with Crippen LogP contribution in [0.5, 0.6) is 5.75 Å². The number of rotatable bonds is 5. The summed E-state index contributed by atoms with van der Waals surface area (Å²) in [6.45, 7) is -0.758. The molecule has 6 heteroatoms. The van der Waals surface area contributed by atoms with Crippen LogP contribution in [0.2, 0.25) is 10.0 Å². The van der Waals surface area contributed by atoms with E-state index >= 15 is 0 Å². The first kappa shape index (κ1) is 16.6. The molecule has 1 saturated carbocycles. The minimum absolute atomic E-state index is 0.0918. The third-order valence-corrected chi connectivity index (χ3v) is 4.55. The van der Waals surface area contributed by atoms with Crippen LogP contribution in [0, 0.1) is 5.92 Å². The Morgan fingerprint density at radius 2 is 1.86 bits per heavy atom. The molecular weight excluding hydrogens is 319 g/mol. The number of hydrogen-bond acceptors (Lipinski definition) is 2. The number of alkyl halides is 2. The van der Waals surface area contributed by atoms with E-state index in [1.807, 2.05) is 0 Å². The van der Waals surface area contributed by atoms with Crippen LogP contribution in [-0.2, 0) is 0 Å². The molecule has 1 N–H and O–H groups in total. The van der Waals surface area contributed by atoms with Crippen molar-refractivity contribution in [2.45, 2.75) is 51.7 Å². The van der Waals surface area contributed by atoms with Crippen LogP contribution in [0.4, 0.5) is 14.5 Å². The topological polar surface area (TPSA) is 21.3 Å². The predicted molar refractivity (Wildman–Crippen MR) is 82.8 cm³/mol. The molecule has 2 unspecified atom stereocenters. The number of ether oxygens (including phenoxy) is 1. The summed E-state index contributed by atoms with van der Waals surface area (Å²) in [7, 11) is 0. The van der Waals surface area contributed by atoms with Gasteiger partial charge >= 0.3 is 6.61 Å². The Hall–Kier alpha value is -0.740. The van der Waals surface area contributed by atoms with Crippen molar-refractivity contribution in [1.29, 1.82) is 0 Å². The van der Waals surface area contributed by atoms with Crippen LogP contribution in [0.15, 0.2) is 12.1 Å². The summed E-state index contributed by atoms with van der Waals surface area (Å²) in [6, 6.07) is 3.55. The Balaban J connectivity index is 2.13. The fraction of sp³-hybridized carbons (Fsp3) is 0.600. The molecule has 1 aromatic carbocycles. The second-order valence-corrected chi connectivity index (χ2v) is 6.17. The Morgan fingerprint density at radius 3 is 2.43 bits per heavy atom.